The lowest BCUT2D eigenvalue weighted by atomic mass is 10.1. The molecule has 0 saturated carbocycles. The molecule has 3 N–H and O–H groups in total. The van der Waals surface area contributed by atoms with Crippen molar-refractivity contribution >= 4 is 23.8 Å². The van der Waals surface area contributed by atoms with Gasteiger partial charge in [-0.25, -0.2) is 0 Å². The summed E-state index contributed by atoms with van der Waals surface area (Å²) in [5, 5.41) is 27.0. The van der Waals surface area contributed by atoms with Gasteiger partial charge in [-0.2, -0.15) is 5.10 Å². The second-order valence-electron chi connectivity index (χ2n) is 4.77. The molecule has 7 heteroatoms. The molecule has 3 rings (SSSR count). The maximum absolute atomic E-state index is 10.1. The smallest absolute Gasteiger partial charge is 0.200 e. The molecular weight excluding hydrogens is 322 g/mol. The fourth-order valence-electron chi connectivity index (χ4n) is 2.25. The standard InChI is InChI=1S/C15H12ClN3O2S/c1-8-11(16)3-2-4-12(8)19-14(17-18-15(19)22)10-6-5-9(20)7-13(10)21/h2-7,20-21H,1H3,(H,18,22). The third-order valence-corrected chi connectivity index (χ3v) is 4.06. The van der Waals surface area contributed by atoms with E-state index in [2.05, 4.69) is 10.2 Å². The van der Waals surface area contributed by atoms with E-state index in [1.54, 1.807) is 16.7 Å². The maximum atomic E-state index is 10.1. The summed E-state index contributed by atoms with van der Waals surface area (Å²) in [5.41, 5.74) is 2.07. The van der Waals surface area contributed by atoms with E-state index in [0.717, 1.165) is 11.3 Å². The molecule has 3 aromatic rings. The Hall–Kier alpha value is -2.31. The van der Waals surface area contributed by atoms with E-state index in [-0.39, 0.29) is 11.5 Å². The number of phenols is 2. The number of aromatic amines is 1. The molecule has 2 aromatic carbocycles. The summed E-state index contributed by atoms with van der Waals surface area (Å²) >= 11 is 11.5. The molecule has 1 heterocycles. The lowest BCUT2D eigenvalue weighted by Gasteiger charge is -2.12. The van der Waals surface area contributed by atoms with Gasteiger partial charge in [-0.1, -0.05) is 17.7 Å². The first-order valence-electron chi connectivity index (χ1n) is 6.44. The van der Waals surface area contributed by atoms with E-state index in [1.807, 2.05) is 19.1 Å². The Kier molecular flexibility index (Phi) is 3.64. The van der Waals surface area contributed by atoms with Gasteiger partial charge in [0.2, 0.25) is 0 Å². The molecule has 0 aliphatic rings. The number of halogens is 1. The molecular formula is C15H12ClN3O2S. The number of aromatic nitrogens is 3. The zero-order valence-corrected chi connectivity index (χ0v) is 13.1. The van der Waals surface area contributed by atoms with Crippen LogP contribution >= 0.6 is 23.8 Å². The summed E-state index contributed by atoms with van der Waals surface area (Å²) in [6.45, 7) is 1.88. The van der Waals surface area contributed by atoms with Crippen molar-refractivity contribution in [2.45, 2.75) is 6.92 Å². The van der Waals surface area contributed by atoms with Gasteiger partial charge in [0, 0.05) is 11.1 Å². The van der Waals surface area contributed by atoms with Crippen LogP contribution in [0.25, 0.3) is 17.1 Å². The topological polar surface area (TPSA) is 74.1 Å². The van der Waals surface area contributed by atoms with Crippen LogP contribution in [0.5, 0.6) is 11.5 Å². The van der Waals surface area contributed by atoms with Crippen LogP contribution in [0.4, 0.5) is 0 Å². The van der Waals surface area contributed by atoms with Gasteiger partial charge in [0.25, 0.3) is 0 Å². The average Bonchev–Trinajstić information content (AvgIpc) is 2.84. The fourth-order valence-corrected chi connectivity index (χ4v) is 2.65. The third-order valence-electron chi connectivity index (χ3n) is 3.37. The number of rotatable bonds is 2. The van der Waals surface area contributed by atoms with Crippen LogP contribution in [0.1, 0.15) is 5.56 Å². The van der Waals surface area contributed by atoms with Crippen LogP contribution in [0.15, 0.2) is 36.4 Å². The van der Waals surface area contributed by atoms with Crippen LogP contribution in [0, 0.1) is 11.7 Å². The predicted molar refractivity (Wildman–Crippen MR) is 87.3 cm³/mol. The van der Waals surface area contributed by atoms with Crippen molar-refractivity contribution in [1.82, 2.24) is 14.8 Å². The number of phenolic OH excluding ortho intramolecular Hbond substituents is 2. The normalized spacial score (nSPS) is 10.8. The van der Waals surface area contributed by atoms with Crippen molar-refractivity contribution in [3.63, 3.8) is 0 Å². The van der Waals surface area contributed by atoms with Gasteiger partial charge in [0.1, 0.15) is 11.5 Å². The third kappa shape index (κ3) is 2.36. The van der Waals surface area contributed by atoms with Gasteiger partial charge in [-0.15, -0.1) is 0 Å². The van der Waals surface area contributed by atoms with Gasteiger partial charge >= 0.3 is 0 Å². The second kappa shape index (κ2) is 5.47. The zero-order chi connectivity index (χ0) is 15.9. The molecule has 0 unspecified atom stereocenters. The van der Waals surface area contributed by atoms with Gasteiger partial charge in [0.15, 0.2) is 10.6 Å². The van der Waals surface area contributed by atoms with Crippen molar-refractivity contribution in [3.05, 3.63) is 51.8 Å². The molecule has 1 aromatic heterocycles. The van der Waals surface area contributed by atoms with Crippen LogP contribution in [-0.4, -0.2) is 25.0 Å². The summed E-state index contributed by atoms with van der Waals surface area (Å²) in [7, 11) is 0. The number of nitrogens with zero attached hydrogens (tertiary/aromatic N) is 2. The number of hydrogen-bond acceptors (Lipinski definition) is 4. The van der Waals surface area contributed by atoms with Gasteiger partial charge in [-0.05, 0) is 49.0 Å². The Morgan fingerprint density at radius 2 is 2.00 bits per heavy atom. The Morgan fingerprint density at radius 3 is 2.73 bits per heavy atom. The Labute approximate surface area is 136 Å². The second-order valence-corrected chi connectivity index (χ2v) is 5.57. The average molecular weight is 334 g/mol. The van der Waals surface area contributed by atoms with E-state index in [9.17, 15) is 10.2 Å². The molecule has 0 spiro atoms. The van der Waals surface area contributed by atoms with Crippen LogP contribution in [-0.2, 0) is 0 Å². The summed E-state index contributed by atoms with van der Waals surface area (Å²) in [5.74, 6) is 0.323. The predicted octanol–water partition coefficient (Wildman–Crippen LogP) is 3.97. The van der Waals surface area contributed by atoms with Crippen LogP contribution in [0.2, 0.25) is 5.02 Å². The lowest BCUT2D eigenvalue weighted by molar-refractivity contribution is 0.451. The van der Waals surface area contributed by atoms with E-state index in [4.69, 9.17) is 23.8 Å². The Balaban J connectivity index is 2.29. The Morgan fingerprint density at radius 1 is 1.23 bits per heavy atom. The van der Waals surface area contributed by atoms with Crippen molar-refractivity contribution in [2.75, 3.05) is 0 Å². The lowest BCUT2D eigenvalue weighted by Crippen LogP contribution is -2.00. The maximum Gasteiger partial charge on any atom is 0.200 e. The molecule has 0 fully saturated rings. The highest BCUT2D eigenvalue weighted by Crippen LogP contribution is 2.33. The molecule has 22 heavy (non-hydrogen) atoms. The molecule has 0 aliphatic carbocycles. The van der Waals surface area contributed by atoms with Crippen LogP contribution in [0.3, 0.4) is 0 Å². The number of aromatic hydroxyl groups is 2. The number of nitrogens with one attached hydrogen (secondary N) is 1. The molecule has 112 valence electrons. The summed E-state index contributed by atoms with van der Waals surface area (Å²) in [6, 6.07) is 9.78. The molecule has 0 aliphatic heterocycles. The molecule has 0 amide bonds. The minimum Gasteiger partial charge on any atom is -0.508 e. The first-order chi connectivity index (χ1) is 10.5. The minimum atomic E-state index is -0.0880. The van der Waals surface area contributed by atoms with Crippen LogP contribution < -0.4 is 0 Å². The number of H-pyrrole nitrogens is 1. The van der Waals surface area contributed by atoms with E-state index in [0.29, 0.717) is 21.2 Å². The molecule has 0 bridgehead atoms. The minimum absolute atomic E-state index is 0.0270. The Bertz CT molecular complexity index is 917. The van der Waals surface area contributed by atoms with E-state index >= 15 is 0 Å². The monoisotopic (exact) mass is 333 g/mol. The number of benzene rings is 2. The van der Waals surface area contributed by atoms with E-state index < -0.39 is 0 Å². The van der Waals surface area contributed by atoms with Crippen molar-refractivity contribution in [2.24, 2.45) is 0 Å². The fraction of sp³-hybridized carbons (Fsp3) is 0.0667. The molecule has 0 saturated heterocycles. The summed E-state index contributed by atoms with van der Waals surface area (Å²) < 4.78 is 2.08. The molecule has 0 radical (unpaired) electrons. The first kappa shape index (κ1) is 14.6. The van der Waals surface area contributed by atoms with Crippen molar-refractivity contribution < 1.29 is 10.2 Å². The highest BCUT2D eigenvalue weighted by molar-refractivity contribution is 7.71. The SMILES string of the molecule is Cc1c(Cl)cccc1-n1c(-c2ccc(O)cc2O)n[nH]c1=S. The van der Waals surface area contributed by atoms with Crippen molar-refractivity contribution in [1.29, 1.82) is 0 Å². The van der Waals surface area contributed by atoms with Gasteiger partial charge in [0.05, 0.1) is 11.3 Å². The molecule has 5 nitrogen and oxygen atoms in total. The number of hydrogen-bond donors (Lipinski definition) is 3. The first-order valence-corrected chi connectivity index (χ1v) is 7.23. The van der Waals surface area contributed by atoms with Gasteiger partial charge in [-0.3, -0.25) is 9.67 Å². The molecule has 0 atom stereocenters. The van der Waals surface area contributed by atoms with Crippen molar-refractivity contribution in [3.8, 4) is 28.6 Å². The zero-order valence-electron chi connectivity index (χ0n) is 11.5. The van der Waals surface area contributed by atoms with E-state index in [1.165, 1.54) is 12.1 Å². The highest BCUT2D eigenvalue weighted by Gasteiger charge is 2.16. The summed E-state index contributed by atoms with van der Waals surface area (Å²) in [6.07, 6.45) is 0. The van der Waals surface area contributed by atoms with Gasteiger partial charge < -0.3 is 10.2 Å². The highest BCUT2D eigenvalue weighted by atomic mass is 35.5. The quantitative estimate of drug-likeness (QED) is 0.620. The summed E-state index contributed by atoms with van der Waals surface area (Å²) in [4.78, 5) is 0. The largest absolute Gasteiger partial charge is 0.508 e.